The molecule has 0 radical (unpaired) electrons. The molecular weight excluding hydrogens is 180 g/mol. The summed E-state index contributed by atoms with van der Waals surface area (Å²) in [5.41, 5.74) is 5.32. The largest absolute Gasteiger partial charge is 0.480 e. The van der Waals surface area contributed by atoms with Crippen LogP contribution in [-0.4, -0.2) is 23.7 Å². The fraction of sp³-hybridized carbons (Fsp3) is 0.700. The Bertz CT molecular complexity index is 218. The number of aliphatic carboxylic acids is 1. The van der Waals surface area contributed by atoms with Crippen LogP contribution in [0.4, 0.5) is 0 Å². The van der Waals surface area contributed by atoms with Gasteiger partial charge in [0, 0.05) is 12.5 Å². The van der Waals surface area contributed by atoms with E-state index in [4.69, 9.17) is 10.8 Å². The van der Waals surface area contributed by atoms with Gasteiger partial charge in [0.1, 0.15) is 6.04 Å². The quantitative estimate of drug-likeness (QED) is 0.330. The molecule has 0 saturated carbocycles. The van der Waals surface area contributed by atoms with E-state index in [1.807, 2.05) is 6.92 Å². The van der Waals surface area contributed by atoms with Crippen LogP contribution in [0.3, 0.4) is 0 Å². The summed E-state index contributed by atoms with van der Waals surface area (Å²) in [5, 5.41) is 11.5. The summed E-state index contributed by atoms with van der Waals surface area (Å²) in [5.74, 6) is 1.92. The van der Waals surface area contributed by atoms with Gasteiger partial charge >= 0.3 is 5.97 Å². The predicted molar refractivity (Wildman–Crippen MR) is 55.5 cm³/mol. The number of nitrogens with two attached hydrogens (primary N) is 1. The van der Waals surface area contributed by atoms with E-state index in [9.17, 15) is 4.79 Å². The lowest BCUT2D eigenvalue weighted by atomic mass is 10.1. The summed E-state index contributed by atoms with van der Waals surface area (Å²) in [6, 6.07) is 2.06. The third-order valence-corrected chi connectivity index (χ3v) is 1.76. The molecule has 4 heteroatoms. The zero-order chi connectivity index (χ0) is 10.8. The smallest absolute Gasteiger partial charge is 0.326 e. The highest BCUT2D eigenvalue weighted by Gasteiger charge is 2.14. The van der Waals surface area contributed by atoms with Crippen LogP contribution < -0.4 is 11.1 Å². The third kappa shape index (κ3) is 6.32. The molecule has 0 unspecified atom stereocenters. The van der Waals surface area contributed by atoms with Crippen LogP contribution in [0.5, 0.6) is 0 Å². The molecule has 0 aliphatic carbocycles. The minimum absolute atomic E-state index is 0.569. The van der Waals surface area contributed by atoms with E-state index in [2.05, 4.69) is 17.3 Å². The molecule has 0 rings (SSSR count). The van der Waals surface area contributed by atoms with Crippen LogP contribution in [0.2, 0.25) is 0 Å². The lowest BCUT2D eigenvalue weighted by Gasteiger charge is -2.09. The molecule has 0 amide bonds. The Labute approximate surface area is 84.9 Å². The second-order valence-electron chi connectivity index (χ2n) is 2.97. The molecule has 0 aromatic rings. The van der Waals surface area contributed by atoms with E-state index >= 15 is 0 Å². The highest BCUT2D eigenvalue weighted by molar-refractivity contribution is 5.73. The van der Waals surface area contributed by atoms with Crippen molar-refractivity contribution < 1.29 is 9.90 Å². The molecule has 0 saturated heterocycles. The van der Waals surface area contributed by atoms with Gasteiger partial charge < -0.3 is 16.2 Å². The molecule has 4 N–H and O–H groups in total. The Morgan fingerprint density at radius 2 is 2.29 bits per heavy atom. The molecule has 14 heavy (non-hydrogen) atoms. The van der Waals surface area contributed by atoms with Gasteiger partial charge in [-0.25, -0.2) is 4.79 Å². The van der Waals surface area contributed by atoms with Crippen molar-refractivity contribution in [3.05, 3.63) is 0 Å². The fourth-order valence-corrected chi connectivity index (χ4v) is 0.977. The molecule has 0 bridgehead atoms. The van der Waals surface area contributed by atoms with E-state index < -0.39 is 12.0 Å². The van der Waals surface area contributed by atoms with Crippen LogP contribution in [-0.2, 0) is 4.79 Å². The number of unbranched alkanes of at least 4 members (excludes halogenated alkanes) is 1. The number of nitrogens with one attached hydrogen (secondary N) is 1. The van der Waals surface area contributed by atoms with Crippen LogP contribution >= 0.6 is 0 Å². The van der Waals surface area contributed by atoms with Crippen molar-refractivity contribution in [3.63, 3.8) is 0 Å². The van der Waals surface area contributed by atoms with Crippen molar-refractivity contribution in [2.45, 2.75) is 38.6 Å². The Morgan fingerprint density at radius 1 is 1.57 bits per heavy atom. The summed E-state index contributed by atoms with van der Waals surface area (Å²) >= 11 is 0. The van der Waals surface area contributed by atoms with Gasteiger partial charge in [0.25, 0.3) is 0 Å². The van der Waals surface area contributed by atoms with Gasteiger partial charge in [0.2, 0.25) is 0 Å². The van der Waals surface area contributed by atoms with Gasteiger partial charge in [-0.15, -0.1) is 0 Å². The van der Waals surface area contributed by atoms with Crippen molar-refractivity contribution in [2.75, 3.05) is 6.54 Å². The Kier molecular flexibility index (Phi) is 7.67. The van der Waals surface area contributed by atoms with Gasteiger partial charge in [-0.2, -0.15) is 0 Å². The van der Waals surface area contributed by atoms with Crippen LogP contribution in [0.15, 0.2) is 0 Å². The second kappa shape index (κ2) is 8.39. The summed E-state index contributed by atoms with van der Waals surface area (Å²) < 4.78 is 0. The van der Waals surface area contributed by atoms with E-state index in [1.54, 1.807) is 0 Å². The summed E-state index contributed by atoms with van der Waals surface area (Å²) in [7, 11) is 0. The molecule has 80 valence electrons. The highest BCUT2D eigenvalue weighted by Crippen LogP contribution is 1.99. The average molecular weight is 198 g/mol. The maximum atomic E-state index is 10.7. The maximum absolute atomic E-state index is 10.7. The molecule has 0 fully saturated rings. The van der Waals surface area contributed by atoms with Gasteiger partial charge in [0.15, 0.2) is 0 Å². The minimum atomic E-state index is -0.854. The number of carbonyl (C=O) groups is 1. The van der Waals surface area contributed by atoms with Gasteiger partial charge in [0.05, 0.1) is 0 Å². The SMILES string of the molecule is CCC#CN[C@@H](CCCCN)C(=O)O. The first-order chi connectivity index (χ1) is 6.72. The Balaban J connectivity index is 3.84. The molecule has 0 aliphatic heterocycles. The molecule has 0 aliphatic rings. The lowest BCUT2D eigenvalue weighted by molar-refractivity contribution is -0.139. The summed E-state index contributed by atoms with van der Waals surface area (Å²) in [6.07, 6.45) is 2.97. The Morgan fingerprint density at radius 3 is 2.79 bits per heavy atom. The highest BCUT2D eigenvalue weighted by atomic mass is 16.4. The first-order valence-corrected chi connectivity index (χ1v) is 4.88. The third-order valence-electron chi connectivity index (χ3n) is 1.76. The number of carboxylic acid groups (broad SMARTS) is 1. The zero-order valence-corrected chi connectivity index (χ0v) is 8.55. The van der Waals surface area contributed by atoms with E-state index in [1.165, 1.54) is 0 Å². The van der Waals surface area contributed by atoms with E-state index in [-0.39, 0.29) is 0 Å². The topological polar surface area (TPSA) is 75.3 Å². The number of carboxylic acids is 1. The van der Waals surface area contributed by atoms with Crippen molar-refractivity contribution in [3.8, 4) is 12.0 Å². The van der Waals surface area contributed by atoms with Crippen molar-refractivity contribution in [1.29, 1.82) is 0 Å². The maximum Gasteiger partial charge on any atom is 0.326 e. The summed E-state index contributed by atoms with van der Waals surface area (Å²) in [4.78, 5) is 10.7. The molecule has 1 atom stereocenters. The van der Waals surface area contributed by atoms with Crippen molar-refractivity contribution in [2.24, 2.45) is 5.73 Å². The first-order valence-electron chi connectivity index (χ1n) is 4.88. The number of hydrogen-bond donors (Lipinski definition) is 3. The van der Waals surface area contributed by atoms with Crippen LogP contribution in [0.1, 0.15) is 32.6 Å². The predicted octanol–water partition coefficient (Wildman–Crippen LogP) is 0.529. The fourth-order valence-electron chi connectivity index (χ4n) is 0.977. The van der Waals surface area contributed by atoms with Crippen LogP contribution in [0, 0.1) is 12.0 Å². The van der Waals surface area contributed by atoms with E-state index in [0.29, 0.717) is 13.0 Å². The molecule has 0 spiro atoms. The normalized spacial score (nSPS) is 11.3. The van der Waals surface area contributed by atoms with Crippen molar-refractivity contribution >= 4 is 5.97 Å². The summed E-state index contributed by atoms with van der Waals surface area (Å²) in [6.45, 7) is 2.52. The molecule has 0 aromatic carbocycles. The lowest BCUT2D eigenvalue weighted by Crippen LogP contribution is -2.33. The van der Waals surface area contributed by atoms with Crippen LogP contribution in [0.25, 0.3) is 0 Å². The molecule has 0 heterocycles. The number of rotatable bonds is 6. The Hall–Kier alpha value is -1.21. The monoisotopic (exact) mass is 198 g/mol. The molecule has 4 nitrogen and oxygen atoms in total. The van der Waals surface area contributed by atoms with Gasteiger partial charge in [-0.1, -0.05) is 12.8 Å². The van der Waals surface area contributed by atoms with E-state index in [0.717, 1.165) is 19.3 Å². The second-order valence-corrected chi connectivity index (χ2v) is 2.97. The molecular formula is C10H18N2O2. The zero-order valence-electron chi connectivity index (χ0n) is 8.55. The number of hydrogen-bond acceptors (Lipinski definition) is 3. The first kappa shape index (κ1) is 12.8. The minimum Gasteiger partial charge on any atom is -0.480 e. The average Bonchev–Trinajstić information content (AvgIpc) is 2.15. The molecule has 0 aromatic heterocycles. The van der Waals surface area contributed by atoms with Crippen molar-refractivity contribution in [1.82, 2.24) is 5.32 Å². The standard InChI is InChI=1S/C10H18N2O2/c1-2-3-8-12-9(10(13)14)6-4-5-7-11/h9,12H,2,4-7,11H2,1H3,(H,13,14)/t9-/m0/s1. The van der Waals surface area contributed by atoms with Gasteiger partial charge in [-0.3, -0.25) is 0 Å². The van der Waals surface area contributed by atoms with Gasteiger partial charge in [-0.05, 0) is 25.8 Å².